The van der Waals surface area contributed by atoms with Crippen LogP contribution >= 0.6 is 0 Å². The average molecular weight is 239 g/mol. The van der Waals surface area contributed by atoms with Crippen molar-refractivity contribution in [2.45, 2.75) is 69.9 Å². The normalized spacial score (nSPS) is 32.9. The van der Waals surface area contributed by atoms with Crippen molar-refractivity contribution in [3.8, 4) is 0 Å². The highest BCUT2D eigenvalue weighted by Gasteiger charge is 2.48. The number of carbonyl (C=O) groups is 1. The van der Waals surface area contributed by atoms with Gasteiger partial charge in [0.15, 0.2) is 0 Å². The van der Waals surface area contributed by atoms with Crippen molar-refractivity contribution in [3.05, 3.63) is 0 Å². The minimum absolute atomic E-state index is 0.470. The second-order valence-electron chi connectivity index (χ2n) is 5.98. The largest absolute Gasteiger partial charge is 0.480 e. The van der Waals surface area contributed by atoms with E-state index in [9.17, 15) is 9.90 Å². The van der Waals surface area contributed by atoms with Crippen LogP contribution in [0.3, 0.4) is 0 Å². The quantitative estimate of drug-likeness (QED) is 0.823. The van der Waals surface area contributed by atoms with Crippen LogP contribution in [-0.2, 0) is 4.79 Å². The standard InChI is InChI=1S/C14H25NO2/c1-11-7-3-4-8-12(11)15(2)14(13(16)17)9-5-6-10-14/h11-12H,3-10H2,1-2H3,(H,16,17). The van der Waals surface area contributed by atoms with Crippen LogP contribution in [0.15, 0.2) is 0 Å². The lowest BCUT2D eigenvalue weighted by molar-refractivity contribution is -0.153. The van der Waals surface area contributed by atoms with E-state index in [1.807, 2.05) is 7.05 Å². The molecule has 2 aliphatic rings. The molecule has 0 aromatic rings. The van der Waals surface area contributed by atoms with E-state index in [1.165, 1.54) is 25.7 Å². The van der Waals surface area contributed by atoms with Crippen molar-refractivity contribution in [1.29, 1.82) is 0 Å². The van der Waals surface area contributed by atoms with E-state index >= 15 is 0 Å². The van der Waals surface area contributed by atoms with E-state index in [-0.39, 0.29) is 0 Å². The zero-order valence-electron chi connectivity index (χ0n) is 11.1. The average Bonchev–Trinajstić information content (AvgIpc) is 2.79. The van der Waals surface area contributed by atoms with Crippen LogP contribution < -0.4 is 0 Å². The summed E-state index contributed by atoms with van der Waals surface area (Å²) in [6.45, 7) is 2.28. The number of rotatable bonds is 3. The summed E-state index contributed by atoms with van der Waals surface area (Å²) < 4.78 is 0. The summed E-state index contributed by atoms with van der Waals surface area (Å²) in [5.74, 6) is 0.0425. The summed E-state index contributed by atoms with van der Waals surface area (Å²) in [5, 5.41) is 9.61. The number of hydrogen-bond acceptors (Lipinski definition) is 2. The fraction of sp³-hybridized carbons (Fsp3) is 0.929. The zero-order valence-corrected chi connectivity index (χ0v) is 11.1. The first-order valence-electron chi connectivity index (χ1n) is 7.04. The Labute approximate surface area is 104 Å². The topological polar surface area (TPSA) is 40.5 Å². The first-order chi connectivity index (χ1) is 8.08. The van der Waals surface area contributed by atoms with E-state index in [4.69, 9.17) is 0 Å². The van der Waals surface area contributed by atoms with Crippen molar-refractivity contribution >= 4 is 5.97 Å². The molecule has 2 rings (SSSR count). The predicted octanol–water partition coefficient (Wildman–Crippen LogP) is 2.89. The molecule has 0 aliphatic heterocycles. The molecule has 2 atom stereocenters. The Bertz CT molecular complexity index is 284. The van der Waals surface area contributed by atoms with E-state index in [0.29, 0.717) is 12.0 Å². The highest BCUT2D eigenvalue weighted by Crippen LogP contribution is 2.39. The molecule has 0 radical (unpaired) electrons. The van der Waals surface area contributed by atoms with Crippen LogP contribution in [0.4, 0.5) is 0 Å². The molecule has 2 aliphatic carbocycles. The Hall–Kier alpha value is -0.570. The number of carboxylic acid groups (broad SMARTS) is 1. The predicted molar refractivity (Wildman–Crippen MR) is 68.0 cm³/mol. The number of aliphatic carboxylic acids is 1. The van der Waals surface area contributed by atoms with E-state index in [2.05, 4.69) is 11.8 Å². The lowest BCUT2D eigenvalue weighted by Gasteiger charge is -2.44. The van der Waals surface area contributed by atoms with Gasteiger partial charge in [0, 0.05) is 6.04 Å². The second kappa shape index (κ2) is 4.97. The Balaban J connectivity index is 2.15. The molecule has 17 heavy (non-hydrogen) atoms. The third kappa shape index (κ3) is 2.22. The van der Waals surface area contributed by atoms with Gasteiger partial charge in [-0.25, -0.2) is 0 Å². The third-order valence-electron chi connectivity index (χ3n) is 5.07. The summed E-state index contributed by atoms with van der Waals surface area (Å²) in [6.07, 6.45) is 8.80. The molecule has 0 spiro atoms. The highest BCUT2D eigenvalue weighted by molar-refractivity contribution is 5.79. The van der Waals surface area contributed by atoms with Crippen molar-refractivity contribution in [3.63, 3.8) is 0 Å². The maximum atomic E-state index is 11.7. The van der Waals surface area contributed by atoms with Crippen LogP contribution in [0.25, 0.3) is 0 Å². The fourth-order valence-corrected chi connectivity index (χ4v) is 3.87. The number of nitrogens with zero attached hydrogens (tertiary/aromatic N) is 1. The molecule has 2 fully saturated rings. The maximum absolute atomic E-state index is 11.7. The molecule has 2 saturated carbocycles. The molecule has 1 N–H and O–H groups in total. The van der Waals surface area contributed by atoms with Crippen LogP contribution in [0.1, 0.15) is 58.3 Å². The minimum Gasteiger partial charge on any atom is -0.480 e. The molecule has 0 heterocycles. The Morgan fingerprint density at radius 2 is 1.76 bits per heavy atom. The molecule has 0 bridgehead atoms. The molecule has 0 amide bonds. The van der Waals surface area contributed by atoms with Gasteiger partial charge in [0.25, 0.3) is 0 Å². The van der Waals surface area contributed by atoms with Crippen molar-refractivity contribution in [1.82, 2.24) is 4.90 Å². The summed E-state index contributed by atoms with van der Waals surface area (Å²) in [7, 11) is 2.05. The Morgan fingerprint density at radius 3 is 2.29 bits per heavy atom. The van der Waals surface area contributed by atoms with Gasteiger partial charge < -0.3 is 5.11 Å². The second-order valence-corrected chi connectivity index (χ2v) is 5.98. The molecule has 2 unspecified atom stereocenters. The maximum Gasteiger partial charge on any atom is 0.324 e. The number of hydrogen-bond donors (Lipinski definition) is 1. The molecule has 3 heteroatoms. The Morgan fingerprint density at radius 1 is 1.18 bits per heavy atom. The number of carboxylic acids is 1. The lowest BCUT2D eigenvalue weighted by atomic mass is 9.82. The van der Waals surface area contributed by atoms with Gasteiger partial charge in [0.1, 0.15) is 5.54 Å². The third-order valence-corrected chi connectivity index (χ3v) is 5.07. The lowest BCUT2D eigenvalue weighted by Crippen LogP contribution is -2.57. The fourth-order valence-electron chi connectivity index (χ4n) is 3.87. The molecule has 98 valence electrons. The highest BCUT2D eigenvalue weighted by atomic mass is 16.4. The molecule has 0 aromatic heterocycles. The first kappa shape index (κ1) is 12.9. The van der Waals surface area contributed by atoms with Gasteiger partial charge in [0.2, 0.25) is 0 Å². The molecular formula is C14H25NO2. The molecule has 0 saturated heterocycles. The molecule has 3 nitrogen and oxygen atoms in total. The van der Waals surface area contributed by atoms with Crippen molar-refractivity contribution in [2.24, 2.45) is 5.92 Å². The van der Waals surface area contributed by atoms with Crippen LogP contribution in [-0.4, -0.2) is 34.6 Å². The van der Waals surface area contributed by atoms with Gasteiger partial charge in [-0.05, 0) is 38.6 Å². The van der Waals surface area contributed by atoms with Crippen LogP contribution in [0, 0.1) is 5.92 Å². The summed E-state index contributed by atoms with van der Waals surface area (Å²) in [4.78, 5) is 13.9. The first-order valence-corrected chi connectivity index (χ1v) is 7.04. The van der Waals surface area contributed by atoms with Gasteiger partial charge in [0.05, 0.1) is 0 Å². The SMILES string of the molecule is CC1CCCCC1N(C)C1(C(=O)O)CCCC1. The van der Waals surface area contributed by atoms with Crippen molar-refractivity contribution in [2.75, 3.05) is 7.05 Å². The van der Waals surface area contributed by atoms with Gasteiger partial charge >= 0.3 is 5.97 Å². The summed E-state index contributed by atoms with van der Waals surface area (Å²) in [6, 6.07) is 0.470. The van der Waals surface area contributed by atoms with Gasteiger partial charge in [-0.15, -0.1) is 0 Å². The van der Waals surface area contributed by atoms with E-state index in [1.54, 1.807) is 0 Å². The molecule has 0 aromatic carbocycles. The van der Waals surface area contributed by atoms with Gasteiger partial charge in [-0.2, -0.15) is 0 Å². The van der Waals surface area contributed by atoms with Crippen LogP contribution in [0.2, 0.25) is 0 Å². The number of likely N-dealkylation sites (N-methyl/N-ethyl adjacent to an activating group) is 1. The minimum atomic E-state index is -0.602. The van der Waals surface area contributed by atoms with Gasteiger partial charge in [-0.3, -0.25) is 9.69 Å². The molecular weight excluding hydrogens is 214 g/mol. The zero-order chi connectivity index (χ0) is 12.5. The van der Waals surface area contributed by atoms with E-state index in [0.717, 1.165) is 25.7 Å². The van der Waals surface area contributed by atoms with Gasteiger partial charge in [-0.1, -0.05) is 32.6 Å². The monoisotopic (exact) mass is 239 g/mol. The van der Waals surface area contributed by atoms with Crippen LogP contribution in [0.5, 0.6) is 0 Å². The van der Waals surface area contributed by atoms with Crippen molar-refractivity contribution < 1.29 is 9.90 Å². The summed E-state index contributed by atoms with van der Waals surface area (Å²) in [5.41, 5.74) is -0.559. The smallest absolute Gasteiger partial charge is 0.324 e. The van der Waals surface area contributed by atoms with E-state index < -0.39 is 11.5 Å². The summed E-state index contributed by atoms with van der Waals surface area (Å²) >= 11 is 0. The Kier molecular flexibility index (Phi) is 3.76.